The summed E-state index contributed by atoms with van der Waals surface area (Å²) in [4.78, 5) is 11.1. The number of nitrogens with one attached hydrogen (secondary N) is 2. The maximum Gasteiger partial charge on any atom is 0.240 e. The van der Waals surface area contributed by atoms with Crippen LogP contribution in [0, 0.1) is 11.3 Å². The van der Waals surface area contributed by atoms with Gasteiger partial charge in [0.2, 0.25) is 15.9 Å². The number of rotatable bonds is 6. The Bertz CT molecular complexity index is 635. The fraction of sp³-hybridized carbons (Fsp3) is 0.333. The number of carbonyl (C=O) groups is 1. The molecule has 7 nitrogen and oxygen atoms in total. The highest BCUT2D eigenvalue weighted by Gasteiger charge is 2.16. The van der Waals surface area contributed by atoms with E-state index in [2.05, 4.69) is 10.0 Å². The molecule has 1 rings (SSSR count). The van der Waals surface area contributed by atoms with Crippen molar-refractivity contribution in [2.24, 2.45) is 0 Å². The number of carbonyl (C=O) groups excluding carboxylic acids is 1. The summed E-state index contributed by atoms with van der Waals surface area (Å²) < 4.78 is 31.3. The van der Waals surface area contributed by atoms with Crippen molar-refractivity contribution in [2.45, 2.75) is 18.2 Å². The van der Waals surface area contributed by atoms with E-state index in [1.165, 1.54) is 32.2 Å². The molecule has 108 valence electrons. The summed E-state index contributed by atoms with van der Waals surface area (Å²) in [6.45, 7) is 1.34. The third kappa shape index (κ3) is 4.22. The second-order valence-electron chi connectivity index (χ2n) is 3.85. The van der Waals surface area contributed by atoms with Gasteiger partial charge in [0.1, 0.15) is 5.75 Å². The highest BCUT2D eigenvalue weighted by Crippen LogP contribution is 2.27. The molecule has 0 fully saturated rings. The average Bonchev–Trinajstić information content (AvgIpc) is 2.38. The van der Waals surface area contributed by atoms with Gasteiger partial charge in [-0.25, -0.2) is 13.1 Å². The summed E-state index contributed by atoms with van der Waals surface area (Å²) in [6, 6.07) is 5.95. The number of hydrogen-bond donors (Lipinski definition) is 2. The van der Waals surface area contributed by atoms with E-state index in [4.69, 9.17) is 10.00 Å². The van der Waals surface area contributed by atoms with Crippen molar-refractivity contribution in [2.75, 3.05) is 19.0 Å². The Hall–Kier alpha value is -2.11. The van der Waals surface area contributed by atoms with Crippen molar-refractivity contribution in [3.05, 3.63) is 18.2 Å². The molecule has 1 aromatic carbocycles. The van der Waals surface area contributed by atoms with Crippen molar-refractivity contribution in [1.29, 1.82) is 5.26 Å². The Morgan fingerprint density at radius 1 is 1.45 bits per heavy atom. The minimum atomic E-state index is -3.72. The summed E-state index contributed by atoms with van der Waals surface area (Å²) in [7, 11) is -2.31. The largest absolute Gasteiger partial charge is 0.495 e. The van der Waals surface area contributed by atoms with Crippen LogP contribution in [0.2, 0.25) is 0 Å². The molecule has 0 bridgehead atoms. The van der Waals surface area contributed by atoms with E-state index in [-0.39, 0.29) is 29.5 Å². The maximum absolute atomic E-state index is 12.0. The van der Waals surface area contributed by atoms with Gasteiger partial charge in [0.25, 0.3) is 0 Å². The van der Waals surface area contributed by atoms with Gasteiger partial charge < -0.3 is 10.1 Å². The first-order chi connectivity index (χ1) is 9.40. The van der Waals surface area contributed by atoms with Gasteiger partial charge in [-0.2, -0.15) is 5.26 Å². The number of nitrogens with zero attached hydrogens (tertiary/aromatic N) is 1. The van der Waals surface area contributed by atoms with E-state index in [1.54, 1.807) is 0 Å². The third-order valence-electron chi connectivity index (χ3n) is 2.32. The van der Waals surface area contributed by atoms with Gasteiger partial charge in [-0.3, -0.25) is 4.79 Å². The fourth-order valence-corrected chi connectivity index (χ4v) is 2.52. The Morgan fingerprint density at radius 3 is 2.70 bits per heavy atom. The standard InChI is InChI=1S/C12H15N3O4S/c1-9(16)15-11-8-10(4-5-12(11)19-2)20(17,18)14-7-3-6-13/h4-5,8,14H,3,7H2,1-2H3,(H,15,16). The van der Waals surface area contributed by atoms with Crippen LogP contribution in [0.4, 0.5) is 5.69 Å². The van der Waals surface area contributed by atoms with Crippen LogP contribution in [-0.2, 0) is 14.8 Å². The second kappa shape index (κ2) is 6.88. The first-order valence-electron chi connectivity index (χ1n) is 5.73. The van der Waals surface area contributed by atoms with Crippen LogP contribution in [0.1, 0.15) is 13.3 Å². The smallest absolute Gasteiger partial charge is 0.240 e. The summed E-state index contributed by atoms with van der Waals surface area (Å²) >= 11 is 0. The Balaban J connectivity index is 3.07. The van der Waals surface area contributed by atoms with Crippen molar-refractivity contribution < 1.29 is 17.9 Å². The maximum atomic E-state index is 12.0. The number of amides is 1. The SMILES string of the molecule is COc1ccc(S(=O)(=O)NCCC#N)cc1NC(C)=O. The van der Waals surface area contributed by atoms with Gasteiger partial charge in [-0.1, -0.05) is 0 Å². The van der Waals surface area contributed by atoms with Gasteiger partial charge in [0.15, 0.2) is 0 Å². The summed E-state index contributed by atoms with van der Waals surface area (Å²) in [5.41, 5.74) is 0.267. The number of methoxy groups -OCH3 is 1. The van der Waals surface area contributed by atoms with Gasteiger partial charge >= 0.3 is 0 Å². The Morgan fingerprint density at radius 2 is 2.15 bits per heavy atom. The molecule has 1 aromatic rings. The summed E-state index contributed by atoms with van der Waals surface area (Å²) in [6.07, 6.45) is 0.0773. The first kappa shape index (κ1) is 15.9. The molecule has 0 aliphatic carbocycles. The quantitative estimate of drug-likeness (QED) is 0.756. The molecule has 0 heterocycles. The molecule has 0 aliphatic rings. The topological polar surface area (TPSA) is 108 Å². The van der Waals surface area contributed by atoms with Crippen LogP contribution >= 0.6 is 0 Å². The molecular weight excluding hydrogens is 282 g/mol. The molecule has 0 unspecified atom stereocenters. The third-order valence-corrected chi connectivity index (χ3v) is 3.78. The summed E-state index contributed by atoms with van der Waals surface area (Å²) in [5.74, 6) is 0.0199. The highest BCUT2D eigenvalue weighted by atomic mass is 32.2. The second-order valence-corrected chi connectivity index (χ2v) is 5.62. The van der Waals surface area contributed by atoms with Gasteiger partial charge in [-0.15, -0.1) is 0 Å². The van der Waals surface area contributed by atoms with Gasteiger partial charge in [0.05, 0.1) is 23.8 Å². The molecule has 0 atom stereocenters. The predicted octanol–water partition coefficient (Wildman–Crippen LogP) is 0.846. The number of nitriles is 1. The number of hydrogen-bond acceptors (Lipinski definition) is 5. The zero-order valence-corrected chi connectivity index (χ0v) is 12.0. The minimum absolute atomic E-state index is 0.0139. The molecule has 0 aliphatic heterocycles. The normalized spacial score (nSPS) is 10.7. The Labute approximate surface area is 117 Å². The highest BCUT2D eigenvalue weighted by molar-refractivity contribution is 7.89. The number of ether oxygens (including phenoxy) is 1. The van der Waals surface area contributed by atoms with Crippen LogP contribution in [-0.4, -0.2) is 28.0 Å². The van der Waals surface area contributed by atoms with Gasteiger partial charge in [0, 0.05) is 19.9 Å². The van der Waals surface area contributed by atoms with E-state index in [9.17, 15) is 13.2 Å². The molecule has 20 heavy (non-hydrogen) atoms. The van der Waals surface area contributed by atoms with E-state index in [0.717, 1.165) is 0 Å². The zero-order chi connectivity index (χ0) is 15.2. The van der Waals surface area contributed by atoms with Crippen molar-refractivity contribution in [3.63, 3.8) is 0 Å². The molecule has 8 heteroatoms. The first-order valence-corrected chi connectivity index (χ1v) is 7.21. The average molecular weight is 297 g/mol. The zero-order valence-electron chi connectivity index (χ0n) is 11.1. The van der Waals surface area contributed by atoms with E-state index in [0.29, 0.717) is 5.75 Å². The van der Waals surface area contributed by atoms with E-state index >= 15 is 0 Å². The fourth-order valence-electron chi connectivity index (χ4n) is 1.47. The molecule has 0 saturated carbocycles. The molecule has 0 radical (unpaired) electrons. The van der Waals surface area contributed by atoms with Crippen LogP contribution < -0.4 is 14.8 Å². The number of sulfonamides is 1. The minimum Gasteiger partial charge on any atom is -0.495 e. The Kier molecular flexibility index (Phi) is 5.49. The molecule has 2 N–H and O–H groups in total. The van der Waals surface area contributed by atoms with E-state index in [1.807, 2.05) is 6.07 Å². The van der Waals surface area contributed by atoms with Gasteiger partial charge in [-0.05, 0) is 18.2 Å². The van der Waals surface area contributed by atoms with Crippen molar-refractivity contribution in [3.8, 4) is 11.8 Å². The van der Waals surface area contributed by atoms with Crippen LogP contribution in [0.5, 0.6) is 5.75 Å². The molecule has 0 aromatic heterocycles. The van der Waals surface area contributed by atoms with Crippen LogP contribution in [0.3, 0.4) is 0 Å². The predicted molar refractivity (Wildman–Crippen MR) is 72.7 cm³/mol. The van der Waals surface area contributed by atoms with Crippen molar-refractivity contribution in [1.82, 2.24) is 4.72 Å². The molecule has 0 saturated heterocycles. The lowest BCUT2D eigenvalue weighted by atomic mass is 10.3. The lowest BCUT2D eigenvalue weighted by Gasteiger charge is -2.11. The van der Waals surface area contributed by atoms with Crippen molar-refractivity contribution >= 4 is 21.6 Å². The molecule has 0 spiro atoms. The number of anilines is 1. The monoisotopic (exact) mass is 297 g/mol. The van der Waals surface area contributed by atoms with E-state index < -0.39 is 10.0 Å². The van der Waals surface area contributed by atoms with Crippen LogP contribution in [0.25, 0.3) is 0 Å². The van der Waals surface area contributed by atoms with Crippen LogP contribution in [0.15, 0.2) is 23.1 Å². The molecular formula is C12H15N3O4S. The lowest BCUT2D eigenvalue weighted by molar-refractivity contribution is -0.114. The summed E-state index contributed by atoms with van der Waals surface area (Å²) in [5, 5.41) is 10.9. The number of benzene rings is 1. The molecule has 1 amide bonds. The lowest BCUT2D eigenvalue weighted by Crippen LogP contribution is -2.24.